The normalized spacial score (nSPS) is 11.8. The summed E-state index contributed by atoms with van der Waals surface area (Å²) in [5, 5.41) is 12.0. The lowest BCUT2D eigenvalue weighted by molar-refractivity contribution is 0.532. The number of hydrogen-bond acceptors (Lipinski definition) is 3. The van der Waals surface area contributed by atoms with E-state index in [0.29, 0.717) is 6.54 Å². The Morgan fingerprint density at radius 1 is 1.25 bits per heavy atom. The topological polar surface area (TPSA) is 67.4 Å². The molecule has 0 saturated carbocycles. The molecule has 0 fully saturated rings. The number of furan rings is 1. The highest BCUT2D eigenvalue weighted by Crippen LogP contribution is 2.24. The molecule has 24 heavy (non-hydrogen) atoms. The number of aryl methyl sites for hydroxylation is 2. The summed E-state index contributed by atoms with van der Waals surface area (Å²) in [4.78, 5) is 4.25. The van der Waals surface area contributed by atoms with Gasteiger partial charge in [-0.25, -0.2) is 0 Å². The molecule has 126 valence electrons. The van der Waals surface area contributed by atoms with E-state index >= 15 is 0 Å². The van der Waals surface area contributed by atoms with Gasteiger partial charge in [-0.2, -0.15) is 5.10 Å². The minimum Gasteiger partial charge on any atom is -0.459 e. The molecule has 2 N–H and O–H groups in total. The Labute approximate surface area is 141 Å². The van der Waals surface area contributed by atoms with Gasteiger partial charge in [-0.05, 0) is 25.5 Å². The first-order valence-electron chi connectivity index (χ1n) is 8.17. The van der Waals surface area contributed by atoms with Crippen LogP contribution in [0.15, 0.2) is 52.1 Å². The molecule has 0 aliphatic heterocycles. The third kappa shape index (κ3) is 3.76. The Kier molecular flexibility index (Phi) is 5.15. The molecule has 1 aromatic carbocycles. The Hall–Kier alpha value is -2.76. The van der Waals surface area contributed by atoms with Crippen LogP contribution in [0, 0.1) is 6.92 Å². The van der Waals surface area contributed by atoms with Gasteiger partial charge < -0.3 is 15.1 Å². The number of para-hydroxylation sites is 1. The second-order valence-corrected chi connectivity index (χ2v) is 5.62. The van der Waals surface area contributed by atoms with Crippen LogP contribution in [0.1, 0.15) is 17.7 Å². The fraction of sp³-hybridized carbons (Fsp3) is 0.333. The molecule has 0 unspecified atom stereocenters. The number of rotatable bonds is 6. The molecule has 0 radical (unpaired) electrons. The molecule has 2 aromatic heterocycles. The summed E-state index contributed by atoms with van der Waals surface area (Å²) in [6, 6.07) is 10.0. The lowest BCUT2D eigenvalue weighted by Crippen LogP contribution is -2.37. The second kappa shape index (κ2) is 7.68. The van der Waals surface area contributed by atoms with Crippen molar-refractivity contribution in [3.63, 3.8) is 0 Å². The zero-order valence-corrected chi connectivity index (χ0v) is 14.1. The molecule has 0 saturated heterocycles. The van der Waals surface area contributed by atoms with Crippen LogP contribution in [0.4, 0.5) is 0 Å². The number of nitrogens with one attached hydrogen (secondary N) is 2. The van der Waals surface area contributed by atoms with Crippen LogP contribution < -0.4 is 10.6 Å². The smallest absolute Gasteiger partial charge is 0.191 e. The van der Waals surface area contributed by atoms with Gasteiger partial charge in [-0.15, -0.1) is 0 Å². The highest BCUT2D eigenvalue weighted by molar-refractivity contribution is 5.82. The molecule has 0 bridgehead atoms. The van der Waals surface area contributed by atoms with Gasteiger partial charge in [-0.3, -0.25) is 9.67 Å². The van der Waals surface area contributed by atoms with Crippen LogP contribution in [-0.2, 0) is 13.1 Å². The molecule has 3 aromatic rings. The average Bonchev–Trinajstić information content (AvgIpc) is 3.23. The lowest BCUT2D eigenvalue weighted by atomic mass is 10.1. The van der Waals surface area contributed by atoms with Gasteiger partial charge in [0.05, 0.1) is 6.54 Å². The summed E-state index contributed by atoms with van der Waals surface area (Å²) < 4.78 is 7.84. The second-order valence-electron chi connectivity index (χ2n) is 5.62. The van der Waals surface area contributed by atoms with E-state index in [1.165, 1.54) is 5.56 Å². The summed E-state index contributed by atoms with van der Waals surface area (Å²) >= 11 is 0. The number of fused-ring (bicyclic) bond motifs is 1. The van der Waals surface area contributed by atoms with Crippen LogP contribution in [0.25, 0.3) is 11.0 Å². The molecule has 2 heterocycles. The summed E-state index contributed by atoms with van der Waals surface area (Å²) in [6.45, 7) is 4.42. The summed E-state index contributed by atoms with van der Waals surface area (Å²) in [5.74, 6) is 1.71. The fourth-order valence-electron chi connectivity index (χ4n) is 2.66. The van der Waals surface area contributed by atoms with Crippen LogP contribution in [-0.4, -0.2) is 29.3 Å². The minimum absolute atomic E-state index is 0.610. The number of aromatic nitrogens is 2. The van der Waals surface area contributed by atoms with Crippen molar-refractivity contribution >= 4 is 16.9 Å². The largest absolute Gasteiger partial charge is 0.459 e. The van der Waals surface area contributed by atoms with Gasteiger partial charge >= 0.3 is 0 Å². The highest BCUT2D eigenvalue weighted by Gasteiger charge is 2.10. The van der Waals surface area contributed by atoms with Gasteiger partial charge in [0.15, 0.2) is 5.96 Å². The SMILES string of the molecule is CN=C(NCCCn1cccn1)NCc1oc2ccccc2c1C. The van der Waals surface area contributed by atoms with Gasteiger partial charge in [0.1, 0.15) is 11.3 Å². The Morgan fingerprint density at radius 3 is 2.88 bits per heavy atom. The molecule has 6 nitrogen and oxygen atoms in total. The molecule has 0 aliphatic carbocycles. The fourth-order valence-corrected chi connectivity index (χ4v) is 2.66. The van der Waals surface area contributed by atoms with E-state index in [2.05, 4.69) is 33.7 Å². The number of aliphatic imine (C=N–C) groups is 1. The maximum absolute atomic E-state index is 5.91. The summed E-state index contributed by atoms with van der Waals surface area (Å²) in [6.07, 6.45) is 4.74. The molecule has 0 aliphatic rings. The van der Waals surface area contributed by atoms with E-state index in [-0.39, 0.29) is 0 Å². The summed E-state index contributed by atoms with van der Waals surface area (Å²) in [5.41, 5.74) is 2.10. The monoisotopic (exact) mass is 325 g/mol. The van der Waals surface area contributed by atoms with Gasteiger partial charge in [-0.1, -0.05) is 18.2 Å². The number of guanidine groups is 1. The predicted octanol–water partition coefficient (Wildman–Crippen LogP) is 2.69. The first-order valence-corrected chi connectivity index (χ1v) is 8.17. The average molecular weight is 325 g/mol. The first kappa shape index (κ1) is 16.1. The Bertz CT molecular complexity index is 804. The molecular weight excluding hydrogens is 302 g/mol. The van der Waals surface area contributed by atoms with Gasteiger partial charge in [0.25, 0.3) is 0 Å². The van der Waals surface area contributed by atoms with Gasteiger partial charge in [0, 0.05) is 43.5 Å². The lowest BCUT2D eigenvalue weighted by Gasteiger charge is -2.11. The maximum Gasteiger partial charge on any atom is 0.191 e. The third-order valence-electron chi connectivity index (χ3n) is 4.00. The number of benzene rings is 1. The van der Waals surface area contributed by atoms with Crippen molar-refractivity contribution in [2.24, 2.45) is 4.99 Å². The Balaban J connectivity index is 1.49. The van der Waals surface area contributed by atoms with E-state index in [9.17, 15) is 0 Å². The minimum atomic E-state index is 0.610. The molecule has 6 heteroatoms. The molecule has 3 rings (SSSR count). The van der Waals surface area contributed by atoms with Crippen molar-refractivity contribution in [3.8, 4) is 0 Å². The number of nitrogens with zero attached hydrogens (tertiary/aromatic N) is 3. The Morgan fingerprint density at radius 2 is 2.12 bits per heavy atom. The first-order chi connectivity index (χ1) is 11.8. The molecular formula is C18H23N5O. The third-order valence-corrected chi connectivity index (χ3v) is 4.00. The quantitative estimate of drug-likeness (QED) is 0.415. The summed E-state index contributed by atoms with van der Waals surface area (Å²) in [7, 11) is 1.77. The standard InChI is InChI=1S/C18H23N5O/c1-14-15-7-3-4-8-16(15)24-17(14)13-21-18(19-2)20-9-5-11-23-12-6-10-22-23/h3-4,6-8,10,12H,5,9,11,13H2,1-2H3,(H2,19,20,21). The zero-order chi connectivity index (χ0) is 16.8. The maximum atomic E-state index is 5.91. The molecule has 0 atom stereocenters. The van der Waals surface area contributed by atoms with E-state index in [1.54, 1.807) is 13.2 Å². The van der Waals surface area contributed by atoms with Crippen molar-refractivity contribution in [1.29, 1.82) is 0 Å². The van der Waals surface area contributed by atoms with Crippen LogP contribution in [0.2, 0.25) is 0 Å². The zero-order valence-electron chi connectivity index (χ0n) is 14.1. The highest BCUT2D eigenvalue weighted by atomic mass is 16.3. The van der Waals surface area contributed by atoms with E-state index in [0.717, 1.165) is 42.2 Å². The van der Waals surface area contributed by atoms with E-state index in [1.807, 2.05) is 35.1 Å². The predicted molar refractivity (Wildman–Crippen MR) is 96.0 cm³/mol. The molecule has 0 amide bonds. The van der Waals surface area contributed by atoms with Gasteiger partial charge in [0.2, 0.25) is 0 Å². The van der Waals surface area contributed by atoms with Crippen LogP contribution in [0.3, 0.4) is 0 Å². The number of hydrogen-bond donors (Lipinski definition) is 2. The van der Waals surface area contributed by atoms with Crippen LogP contribution in [0.5, 0.6) is 0 Å². The van der Waals surface area contributed by atoms with Crippen LogP contribution >= 0.6 is 0 Å². The van der Waals surface area contributed by atoms with E-state index < -0.39 is 0 Å². The van der Waals surface area contributed by atoms with Crippen molar-refractivity contribution in [3.05, 3.63) is 54.0 Å². The van der Waals surface area contributed by atoms with Crippen molar-refractivity contribution < 1.29 is 4.42 Å². The molecule has 0 spiro atoms. The van der Waals surface area contributed by atoms with E-state index in [4.69, 9.17) is 4.42 Å². The van der Waals surface area contributed by atoms with Crippen molar-refractivity contribution in [1.82, 2.24) is 20.4 Å². The van der Waals surface area contributed by atoms with Crippen molar-refractivity contribution in [2.45, 2.75) is 26.4 Å². The van der Waals surface area contributed by atoms with Crippen molar-refractivity contribution in [2.75, 3.05) is 13.6 Å².